The summed E-state index contributed by atoms with van der Waals surface area (Å²) in [5.41, 5.74) is 2.05. The molecular weight excluding hydrogens is 289 g/mol. The standard InChI is InChI=1S/C12H17BrClNO/c1-7-5-10(13)12(6-11(7)14)15-8(2)9(3)16-4/h5-6,8-9,15H,1-4H3. The van der Waals surface area contributed by atoms with Gasteiger partial charge in [-0.05, 0) is 54.4 Å². The van der Waals surface area contributed by atoms with Crippen molar-refractivity contribution in [2.75, 3.05) is 12.4 Å². The van der Waals surface area contributed by atoms with Crippen molar-refractivity contribution in [3.63, 3.8) is 0 Å². The van der Waals surface area contributed by atoms with Crippen molar-refractivity contribution >= 4 is 33.2 Å². The minimum Gasteiger partial charge on any atom is -0.380 e. The molecular formula is C12H17BrClNO. The third-order valence-electron chi connectivity index (χ3n) is 2.71. The van der Waals surface area contributed by atoms with Crippen molar-refractivity contribution in [3.05, 3.63) is 27.2 Å². The Bertz CT molecular complexity index is 370. The molecule has 0 aromatic heterocycles. The van der Waals surface area contributed by atoms with Crippen LogP contribution in [-0.4, -0.2) is 19.3 Å². The number of ether oxygens (including phenoxy) is 1. The summed E-state index contributed by atoms with van der Waals surface area (Å²) in [6.07, 6.45) is 0.145. The number of anilines is 1. The van der Waals surface area contributed by atoms with Crippen LogP contribution in [0.15, 0.2) is 16.6 Å². The maximum atomic E-state index is 6.09. The third-order valence-corrected chi connectivity index (χ3v) is 3.77. The molecule has 0 aliphatic rings. The molecule has 16 heavy (non-hydrogen) atoms. The Morgan fingerprint density at radius 1 is 1.38 bits per heavy atom. The Morgan fingerprint density at radius 2 is 2.00 bits per heavy atom. The molecule has 2 unspecified atom stereocenters. The summed E-state index contributed by atoms with van der Waals surface area (Å²) >= 11 is 9.61. The molecule has 0 saturated carbocycles. The SMILES string of the molecule is COC(C)C(C)Nc1cc(Cl)c(C)cc1Br. The van der Waals surface area contributed by atoms with E-state index >= 15 is 0 Å². The molecule has 2 atom stereocenters. The molecule has 1 aromatic rings. The molecule has 90 valence electrons. The van der Waals surface area contributed by atoms with E-state index in [1.54, 1.807) is 7.11 Å². The molecule has 1 aromatic carbocycles. The Kier molecular flexibility index (Phi) is 5.09. The van der Waals surface area contributed by atoms with Crippen molar-refractivity contribution in [1.29, 1.82) is 0 Å². The zero-order valence-electron chi connectivity index (χ0n) is 9.97. The Morgan fingerprint density at radius 3 is 2.56 bits per heavy atom. The fraction of sp³-hybridized carbons (Fsp3) is 0.500. The number of hydrogen-bond acceptors (Lipinski definition) is 2. The highest BCUT2D eigenvalue weighted by Crippen LogP contribution is 2.29. The van der Waals surface area contributed by atoms with E-state index in [0.717, 1.165) is 20.7 Å². The van der Waals surface area contributed by atoms with E-state index < -0.39 is 0 Å². The molecule has 0 bridgehead atoms. The monoisotopic (exact) mass is 305 g/mol. The molecule has 0 aliphatic carbocycles. The largest absolute Gasteiger partial charge is 0.380 e. The second kappa shape index (κ2) is 5.89. The van der Waals surface area contributed by atoms with E-state index in [1.807, 2.05) is 26.0 Å². The highest BCUT2D eigenvalue weighted by atomic mass is 79.9. The minimum atomic E-state index is 0.145. The summed E-state index contributed by atoms with van der Waals surface area (Å²) in [5, 5.41) is 4.14. The van der Waals surface area contributed by atoms with E-state index in [2.05, 4.69) is 28.2 Å². The van der Waals surface area contributed by atoms with Gasteiger partial charge in [0.15, 0.2) is 0 Å². The average molecular weight is 307 g/mol. The van der Waals surface area contributed by atoms with Gasteiger partial charge in [0.25, 0.3) is 0 Å². The molecule has 0 fully saturated rings. The molecule has 0 spiro atoms. The highest BCUT2D eigenvalue weighted by molar-refractivity contribution is 9.10. The fourth-order valence-corrected chi connectivity index (χ4v) is 2.06. The lowest BCUT2D eigenvalue weighted by Gasteiger charge is -2.22. The lowest BCUT2D eigenvalue weighted by molar-refractivity contribution is 0.106. The van der Waals surface area contributed by atoms with Crippen molar-refractivity contribution in [2.24, 2.45) is 0 Å². The topological polar surface area (TPSA) is 21.3 Å². The molecule has 1 N–H and O–H groups in total. The Hall–Kier alpha value is -0.250. The maximum absolute atomic E-state index is 6.09. The highest BCUT2D eigenvalue weighted by Gasteiger charge is 2.13. The van der Waals surface area contributed by atoms with E-state index in [0.29, 0.717) is 0 Å². The van der Waals surface area contributed by atoms with Gasteiger partial charge in [-0.15, -0.1) is 0 Å². The van der Waals surface area contributed by atoms with Gasteiger partial charge in [-0.1, -0.05) is 11.6 Å². The Labute approximate surface area is 110 Å². The van der Waals surface area contributed by atoms with Gasteiger partial charge >= 0.3 is 0 Å². The normalized spacial score (nSPS) is 14.6. The van der Waals surface area contributed by atoms with Crippen LogP contribution in [0.4, 0.5) is 5.69 Å². The van der Waals surface area contributed by atoms with Crippen LogP contribution in [0.25, 0.3) is 0 Å². The number of methoxy groups -OCH3 is 1. The van der Waals surface area contributed by atoms with Gasteiger partial charge in [-0.2, -0.15) is 0 Å². The van der Waals surface area contributed by atoms with Gasteiger partial charge in [0.1, 0.15) is 0 Å². The molecule has 0 saturated heterocycles. The first kappa shape index (κ1) is 13.8. The first-order valence-corrected chi connectivity index (χ1v) is 6.37. The zero-order chi connectivity index (χ0) is 12.3. The second-order valence-electron chi connectivity index (χ2n) is 3.96. The van der Waals surface area contributed by atoms with Crippen LogP contribution < -0.4 is 5.32 Å². The Balaban J connectivity index is 2.85. The maximum Gasteiger partial charge on any atom is 0.0741 e. The van der Waals surface area contributed by atoms with Crippen LogP contribution in [0.5, 0.6) is 0 Å². The summed E-state index contributed by atoms with van der Waals surface area (Å²) < 4.78 is 6.29. The van der Waals surface area contributed by atoms with E-state index in [1.165, 1.54) is 0 Å². The lowest BCUT2D eigenvalue weighted by Crippen LogP contribution is -2.29. The van der Waals surface area contributed by atoms with Crippen LogP contribution in [0.3, 0.4) is 0 Å². The van der Waals surface area contributed by atoms with E-state index in [9.17, 15) is 0 Å². The van der Waals surface area contributed by atoms with Crippen LogP contribution in [0.2, 0.25) is 5.02 Å². The zero-order valence-corrected chi connectivity index (χ0v) is 12.3. The number of halogens is 2. The van der Waals surface area contributed by atoms with Crippen molar-refractivity contribution < 1.29 is 4.74 Å². The average Bonchev–Trinajstić information content (AvgIpc) is 2.24. The smallest absolute Gasteiger partial charge is 0.0741 e. The molecule has 0 heterocycles. The number of aryl methyl sites for hydroxylation is 1. The van der Waals surface area contributed by atoms with E-state index in [4.69, 9.17) is 16.3 Å². The van der Waals surface area contributed by atoms with Gasteiger partial charge in [-0.25, -0.2) is 0 Å². The molecule has 1 rings (SSSR count). The lowest BCUT2D eigenvalue weighted by atomic mass is 10.1. The quantitative estimate of drug-likeness (QED) is 0.898. The number of hydrogen-bond donors (Lipinski definition) is 1. The van der Waals surface area contributed by atoms with Gasteiger partial charge in [0.05, 0.1) is 11.8 Å². The van der Waals surface area contributed by atoms with Crippen LogP contribution >= 0.6 is 27.5 Å². The molecule has 2 nitrogen and oxygen atoms in total. The minimum absolute atomic E-state index is 0.145. The summed E-state index contributed by atoms with van der Waals surface area (Å²) in [4.78, 5) is 0. The van der Waals surface area contributed by atoms with Crippen LogP contribution in [0.1, 0.15) is 19.4 Å². The van der Waals surface area contributed by atoms with Gasteiger partial charge in [0, 0.05) is 22.6 Å². The van der Waals surface area contributed by atoms with Crippen LogP contribution in [0, 0.1) is 6.92 Å². The molecule has 0 amide bonds. The number of rotatable bonds is 4. The summed E-state index contributed by atoms with van der Waals surface area (Å²) in [6, 6.07) is 4.16. The first-order valence-electron chi connectivity index (χ1n) is 5.20. The third kappa shape index (κ3) is 3.37. The van der Waals surface area contributed by atoms with Crippen molar-refractivity contribution in [3.8, 4) is 0 Å². The summed E-state index contributed by atoms with van der Waals surface area (Å²) in [7, 11) is 1.71. The van der Waals surface area contributed by atoms with Gasteiger partial charge < -0.3 is 10.1 Å². The summed E-state index contributed by atoms with van der Waals surface area (Å²) in [6.45, 7) is 6.09. The fourth-order valence-electron chi connectivity index (χ4n) is 1.32. The molecule has 4 heteroatoms. The van der Waals surface area contributed by atoms with Crippen LogP contribution in [-0.2, 0) is 4.74 Å². The van der Waals surface area contributed by atoms with Crippen molar-refractivity contribution in [2.45, 2.75) is 32.9 Å². The van der Waals surface area contributed by atoms with Gasteiger partial charge in [-0.3, -0.25) is 0 Å². The number of benzene rings is 1. The summed E-state index contributed by atoms with van der Waals surface area (Å²) in [5.74, 6) is 0. The van der Waals surface area contributed by atoms with Crippen molar-refractivity contribution in [1.82, 2.24) is 0 Å². The van der Waals surface area contributed by atoms with E-state index in [-0.39, 0.29) is 12.1 Å². The predicted octanol–water partition coefficient (Wildman–Crippen LogP) is 4.25. The number of nitrogens with one attached hydrogen (secondary N) is 1. The molecule has 0 radical (unpaired) electrons. The van der Waals surface area contributed by atoms with Gasteiger partial charge in [0.2, 0.25) is 0 Å². The predicted molar refractivity (Wildman–Crippen MR) is 73.4 cm³/mol. The second-order valence-corrected chi connectivity index (χ2v) is 5.22. The first-order chi connectivity index (χ1) is 7.45. The molecule has 0 aliphatic heterocycles.